The SMILES string of the molecule is COc1ccc(F)cc1C(C)(C)CC(O)(Cc1c(Cl)cnc2ccccc12)C(F)(F)F. The Bertz CT molecular complexity index is 1100. The van der Waals surface area contributed by atoms with Gasteiger partial charge < -0.3 is 9.84 Å². The molecule has 31 heavy (non-hydrogen) atoms. The van der Waals surface area contributed by atoms with E-state index in [1.54, 1.807) is 24.3 Å². The van der Waals surface area contributed by atoms with Crippen molar-refractivity contribution in [1.82, 2.24) is 4.98 Å². The van der Waals surface area contributed by atoms with Crippen molar-refractivity contribution in [2.45, 2.75) is 43.9 Å². The Labute approximate surface area is 182 Å². The van der Waals surface area contributed by atoms with Crippen molar-refractivity contribution in [3.63, 3.8) is 0 Å². The standard InChI is InChI=1S/C23H22ClF4NO2/c1-21(2,17-10-14(25)8-9-20(17)31-3)13-22(30,23(26,27)28)11-16-15-6-4-5-7-19(15)29-12-18(16)24/h4-10,12,30H,11,13H2,1-3H3. The Balaban J connectivity index is 2.09. The van der Waals surface area contributed by atoms with Gasteiger partial charge in [0.05, 0.1) is 17.6 Å². The predicted molar refractivity (Wildman–Crippen MR) is 112 cm³/mol. The zero-order valence-corrected chi connectivity index (χ0v) is 18.0. The van der Waals surface area contributed by atoms with Crippen LogP contribution in [0.25, 0.3) is 10.9 Å². The molecular formula is C23H22ClF4NO2. The first-order chi connectivity index (χ1) is 14.4. The topological polar surface area (TPSA) is 42.4 Å². The number of halogens is 5. The normalized spacial score (nSPS) is 14.5. The van der Waals surface area contributed by atoms with Crippen molar-refractivity contribution in [2.75, 3.05) is 7.11 Å². The van der Waals surface area contributed by atoms with Crippen molar-refractivity contribution in [1.29, 1.82) is 0 Å². The first-order valence-electron chi connectivity index (χ1n) is 9.53. The lowest BCUT2D eigenvalue weighted by molar-refractivity contribution is -0.266. The zero-order valence-electron chi connectivity index (χ0n) is 17.2. The lowest BCUT2D eigenvalue weighted by Crippen LogP contribution is -2.51. The number of aliphatic hydroxyl groups is 1. The number of nitrogens with zero attached hydrogens (tertiary/aromatic N) is 1. The molecule has 8 heteroatoms. The summed E-state index contributed by atoms with van der Waals surface area (Å²) in [6.07, 6.45) is -5.22. The van der Waals surface area contributed by atoms with Gasteiger partial charge in [-0.15, -0.1) is 0 Å². The van der Waals surface area contributed by atoms with Gasteiger partial charge in [-0.2, -0.15) is 13.2 Å². The predicted octanol–water partition coefficient (Wildman–Crippen LogP) is 6.24. The van der Waals surface area contributed by atoms with Gasteiger partial charge in [-0.05, 0) is 41.7 Å². The van der Waals surface area contributed by atoms with Crippen molar-refractivity contribution in [3.05, 3.63) is 70.6 Å². The Morgan fingerprint density at radius 2 is 1.77 bits per heavy atom. The van der Waals surface area contributed by atoms with Crippen molar-refractivity contribution in [2.24, 2.45) is 0 Å². The van der Waals surface area contributed by atoms with Crippen LogP contribution in [0.1, 0.15) is 31.4 Å². The van der Waals surface area contributed by atoms with Crippen LogP contribution in [0.15, 0.2) is 48.7 Å². The highest BCUT2D eigenvalue weighted by Crippen LogP contribution is 2.46. The molecule has 3 nitrogen and oxygen atoms in total. The second-order valence-electron chi connectivity index (χ2n) is 8.21. The molecule has 1 N–H and O–H groups in total. The maximum Gasteiger partial charge on any atom is 0.417 e. The van der Waals surface area contributed by atoms with Crippen LogP contribution in [0.5, 0.6) is 5.75 Å². The van der Waals surface area contributed by atoms with Gasteiger partial charge >= 0.3 is 6.18 Å². The van der Waals surface area contributed by atoms with Crippen LogP contribution in [-0.4, -0.2) is 29.0 Å². The van der Waals surface area contributed by atoms with Crippen LogP contribution in [0.4, 0.5) is 17.6 Å². The van der Waals surface area contributed by atoms with E-state index in [1.165, 1.54) is 33.2 Å². The molecule has 1 unspecified atom stereocenters. The summed E-state index contributed by atoms with van der Waals surface area (Å²) in [5, 5.41) is 11.4. The van der Waals surface area contributed by atoms with E-state index in [9.17, 15) is 22.7 Å². The van der Waals surface area contributed by atoms with Gasteiger partial charge in [0, 0.05) is 23.6 Å². The van der Waals surface area contributed by atoms with Gasteiger partial charge in [-0.3, -0.25) is 4.98 Å². The maximum absolute atomic E-state index is 14.2. The summed E-state index contributed by atoms with van der Waals surface area (Å²) in [5.41, 5.74) is -3.58. The van der Waals surface area contributed by atoms with E-state index in [-0.39, 0.29) is 21.9 Å². The third-order valence-electron chi connectivity index (χ3n) is 5.46. The molecule has 0 aliphatic rings. The molecule has 1 atom stereocenters. The fourth-order valence-electron chi connectivity index (χ4n) is 3.94. The minimum absolute atomic E-state index is 0.0301. The van der Waals surface area contributed by atoms with Gasteiger partial charge in [-0.1, -0.05) is 43.6 Å². The number of methoxy groups -OCH3 is 1. The van der Waals surface area contributed by atoms with Crippen molar-refractivity contribution in [3.8, 4) is 5.75 Å². The van der Waals surface area contributed by atoms with E-state index in [2.05, 4.69) is 4.98 Å². The van der Waals surface area contributed by atoms with Crippen molar-refractivity contribution >= 4 is 22.5 Å². The van der Waals surface area contributed by atoms with E-state index < -0.39 is 35.9 Å². The van der Waals surface area contributed by atoms with Crippen molar-refractivity contribution < 1.29 is 27.4 Å². The summed E-state index contributed by atoms with van der Waals surface area (Å²) in [4.78, 5) is 4.14. The Hall–Kier alpha value is -2.38. The van der Waals surface area contributed by atoms with Gasteiger partial charge in [0.2, 0.25) is 0 Å². The number of para-hydroxylation sites is 1. The van der Waals surface area contributed by atoms with Crippen LogP contribution in [0.2, 0.25) is 5.02 Å². The number of benzene rings is 2. The molecule has 1 heterocycles. The first-order valence-corrected chi connectivity index (χ1v) is 9.91. The smallest absolute Gasteiger partial charge is 0.417 e. The van der Waals surface area contributed by atoms with E-state index in [1.807, 2.05) is 0 Å². The molecule has 0 saturated heterocycles. The maximum atomic E-state index is 14.2. The number of hydrogen-bond acceptors (Lipinski definition) is 3. The number of fused-ring (bicyclic) bond motifs is 1. The molecule has 166 valence electrons. The number of hydrogen-bond donors (Lipinski definition) is 1. The molecular weight excluding hydrogens is 434 g/mol. The van der Waals surface area contributed by atoms with Crippen LogP contribution in [0.3, 0.4) is 0 Å². The van der Waals surface area contributed by atoms with Crippen LogP contribution >= 0.6 is 11.6 Å². The van der Waals surface area contributed by atoms with Gasteiger partial charge in [-0.25, -0.2) is 4.39 Å². The second-order valence-corrected chi connectivity index (χ2v) is 8.62. The number of ether oxygens (including phenoxy) is 1. The molecule has 0 amide bonds. The third kappa shape index (κ3) is 4.62. The molecule has 0 bridgehead atoms. The molecule has 0 fully saturated rings. The summed E-state index contributed by atoms with van der Waals surface area (Å²) in [5.74, 6) is -0.370. The second kappa shape index (κ2) is 8.28. The fourth-order valence-corrected chi connectivity index (χ4v) is 4.16. The summed E-state index contributed by atoms with van der Waals surface area (Å²) >= 11 is 6.21. The highest BCUT2D eigenvalue weighted by molar-refractivity contribution is 6.32. The molecule has 3 aromatic rings. The molecule has 0 saturated carbocycles. The minimum atomic E-state index is -4.97. The molecule has 2 aromatic carbocycles. The average molecular weight is 456 g/mol. The number of alkyl halides is 3. The molecule has 3 rings (SSSR count). The summed E-state index contributed by atoms with van der Waals surface area (Å²) in [6.45, 7) is 3.01. The van der Waals surface area contributed by atoms with Crippen LogP contribution in [0, 0.1) is 5.82 Å². The van der Waals surface area contributed by atoms with Gasteiger partial charge in [0.1, 0.15) is 11.6 Å². The molecule has 0 spiro atoms. The largest absolute Gasteiger partial charge is 0.496 e. The fraction of sp³-hybridized carbons (Fsp3) is 0.348. The van der Waals surface area contributed by atoms with Gasteiger partial charge in [0.15, 0.2) is 5.60 Å². The molecule has 0 aliphatic heterocycles. The number of pyridine rings is 1. The average Bonchev–Trinajstić information content (AvgIpc) is 2.69. The summed E-state index contributed by atoms with van der Waals surface area (Å²) < 4.78 is 61.8. The summed E-state index contributed by atoms with van der Waals surface area (Å²) in [7, 11) is 1.35. The van der Waals surface area contributed by atoms with Crippen LogP contribution in [-0.2, 0) is 11.8 Å². The van der Waals surface area contributed by atoms with E-state index in [0.717, 1.165) is 12.1 Å². The number of aromatic nitrogens is 1. The quantitative estimate of drug-likeness (QED) is 0.447. The lowest BCUT2D eigenvalue weighted by Gasteiger charge is -2.38. The molecule has 1 aromatic heterocycles. The minimum Gasteiger partial charge on any atom is -0.496 e. The van der Waals surface area contributed by atoms with Gasteiger partial charge in [0.25, 0.3) is 0 Å². The first kappa shape index (κ1) is 23.3. The zero-order chi connectivity index (χ0) is 23.0. The molecule has 0 aliphatic carbocycles. The number of rotatable bonds is 6. The highest BCUT2D eigenvalue weighted by Gasteiger charge is 2.56. The Kier molecular flexibility index (Phi) is 6.22. The van der Waals surface area contributed by atoms with E-state index in [0.29, 0.717) is 10.9 Å². The monoisotopic (exact) mass is 455 g/mol. The molecule has 0 radical (unpaired) electrons. The summed E-state index contributed by atoms with van der Waals surface area (Å²) in [6, 6.07) is 10.3. The Morgan fingerprint density at radius 3 is 2.42 bits per heavy atom. The van der Waals surface area contributed by atoms with E-state index in [4.69, 9.17) is 16.3 Å². The van der Waals surface area contributed by atoms with E-state index >= 15 is 0 Å². The lowest BCUT2D eigenvalue weighted by atomic mass is 9.72. The van der Waals surface area contributed by atoms with Crippen LogP contribution < -0.4 is 4.74 Å². The Morgan fingerprint density at radius 1 is 1.10 bits per heavy atom. The highest BCUT2D eigenvalue weighted by atomic mass is 35.5. The third-order valence-corrected chi connectivity index (χ3v) is 5.78.